The minimum atomic E-state index is 0.133. The molecule has 0 unspecified atom stereocenters. The van der Waals surface area contributed by atoms with Crippen LogP contribution in [0, 0.1) is 0 Å². The predicted molar refractivity (Wildman–Crippen MR) is 90.1 cm³/mol. The number of thiophene rings is 1. The van der Waals surface area contributed by atoms with Crippen molar-refractivity contribution >= 4 is 22.7 Å². The van der Waals surface area contributed by atoms with Crippen LogP contribution in [-0.2, 0) is 6.54 Å². The van der Waals surface area contributed by atoms with Crippen molar-refractivity contribution in [1.29, 1.82) is 0 Å². The molecular formula is C17H22N2OS. The van der Waals surface area contributed by atoms with Crippen LogP contribution in [0.5, 0.6) is 5.75 Å². The zero-order chi connectivity index (χ0) is 14.8. The maximum absolute atomic E-state index is 6.36. The molecular weight excluding hydrogens is 280 g/mol. The number of para-hydroxylation sites is 1. The molecule has 1 aromatic carbocycles. The molecule has 0 spiro atoms. The third-order valence-corrected chi connectivity index (χ3v) is 4.37. The zero-order valence-electron chi connectivity index (χ0n) is 12.6. The van der Waals surface area contributed by atoms with Crippen LogP contribution in [0.3, 0.4) is 0 Å². The second-order valence-corrected chi connectivity index (χ2v) is 6.63. The van der Waals surface area contributed by atoms with Crippen molar-refractivity contribution in [2.75, 3.05) is 10.6 Å². The first-order chi connectivity index (χ1) is 10.1. The highest BCUT2D eigenvalue weighted by atomic mass is 32.1. The minimum absolute atomic E-state index is 0.133. The Morgan fingerprint density at radius 2 is 2.14 bits per heavy atom. The first kappa shape index (κ1) is 14.3. The van der Waals surface area contributed by atoms with Gasteiger partial charge in [-0.05, 0) is 61.2 Å². The Kier molecular flexibility index (Phi) is 4.06. The fourth-order valence-corrected chi connectivity index (χ4v) is 3.18. The fraction of sp³-hybridized carbons (Fsp3) is 0.412. The molecule has 0 atom stereocenters. The third kappa shape index (κ3) is 3.32. The van der Waals surface area contributed by atoms with E-state index in [4.69, 9.17) is 10.5 Å². The molecule has 0 saturated heterocycles. The van der Waals surface area contributed by atoms with Gasteiger partial charge in [0.05, 0.1) is 17.5 Å². The lowest BCUT2D eigenvalue weighted by atomic mass is 10.2. The van der Waals surface area contributed by atoms with Crippen LogP contribution in [0.25, 0.3) is 0 Å². The molecule has 1 fully saturated rings. The van der Waals surface area contributed by atoms with E-state index in [0.29, 0.717) is 6.04 Å². The molecule has 3 nitrogen and oxygen atoms in total. The number of nitrogen functional groups attached to an aromatic ring is 1. The molecule has 1 aromatic heterocycles. The van der Waals surface area contributed by atoms with Crippen LogP contribution in [0.4, 0.5) is 11.4 Å². The molecule has 112 valence electrons. The van der Waals surface area contributed by atoms with Gasteiger partial charge in [0.15, 0.2) is 0 Å². The molecule has 0 aliphatic heterocycles. The number of rotatable bonds is 6. The average Bonchev–Trinajstić information content (AvgIpc) is 3.16. The lowest BCUT2D eigenvalue weighted by Gasteiger charge is -2.27. The summed E-state index contributed by atoms with van der Waals surface area (Å²) in [5.74, 6) is 0.790. The summed E-state index contributed by atoms with van der Waals surface area (Å²) in [6.45, 7) is 4.97. The Morgan fingerprint density at radius 3 is 2.76 bits per heavy atom. The largest absolute Gasteiger partial charge is 0.489 e. The number of anilines is 2. The van der Waals surface area contributed by atoms with Gasteiger partial charge in [0.1, 0.15) is 5.75 Å². The Bertz CT molecular complexity index is 591. The van der Waals surface area contributed by atoms with E-state index in [0.717, 1.165) is 23.7 Å². The van der Waals surface area contributed by atoms with Gasteiger partial charge in [0, 0.05) is 12.6 Å². The summed E-state index contributed by atoms with van der Waals surface area (Å²) in [4.78, 5) is 2.42. The Hall–Kier alpha value is -1.68. The van der Waals surface area contributed by atoms with Gasteiger partial charge in [0.2, 0.25) is 0 Å². The Balaban J connectivity index is 1.88. The maximum atomic E-state index is 6.36. The lowest BCUT2D eigenvalue weighted by molar-refractivity contribution is 0.244. The Labute approximate surface area is 130 Å². The summed E-state index contributed by atoms with van der Waals surface area (Å²) in [6.07, 6.45) is 2.63. The second kappa shape index (κ2) is 5.98. The number of nitrogens with zero attached hydrogens (tertiary/aromatic N) is 1. The van der Waals surface area contributed by atoms with Crippen molar-refractivity contribution in [3.05, 3.63) is 40.6 Å². The Morgan fingerprint density at radius 1 is 1.33 bits per heavy atom. The van der Waals surface area contributed by atoms with Crippen LogP contribution < -0.4 is 15.4 Å². The highest BCUT2D eigenvalue weighted by Gasteiger charge is 2.31. The average molecular weight is 302 g/mol. The quantitative estimate of drug-likeness (QED) is 0.809. The first-order valence-electron chi connectivity index (χ1n) is 7.48. The van der Waals surface area contributed by atoms with E-state index < -0.39 is 0 Å². The number of nitrogens with two attached hydrogens (primary N) is 1. The van der Waals surface area contributed by atoms with Gasteiger partial charge in [-0.1, -0.05) is 6.07 Å². The van der Waals surface area contributed by atoms with Crippen molar-refractivity contribution in [2.24, 2.45) is 0 Å². The predicted octanol–water partition coefficient (Wildman–Crippen LogP) is 4.29. The molecule has 0 radical (unpaired) electrons. The highest BCUT2D eigenvalue weighted by Crippen LogP contribution is 2.40. The van der Waals surface area contributed by atoms with E-state index in [2.05, 4.69) is 27.8 Å². The van der Waals surface area contributed by atoms with E-state index in [-0.39, 0.29) is 6.10 Å². The molecule has 1 aliphatic rings. The molecule has 0 bridgehead atoms. The van der Waals surface area contributed by atoms with Crippen molar-refractivity contribution < 1.29 is 4.74 Å². The SMILES string of the molecule is CC(C)Oc1cccc(N(Cc2ccsc2)C2CC2)c1N. The lowest BCUT2D eigenvalue weighted by Crippen LogP contribution is -2.26. The van der Waals surface area contributed by atoms with E-state index in [1.807, 2.05) is 26.0 Å². The second-order valence-electron chi connectivity index (χ2n) is 5.85. The smallest absolute Gasteiger partial charge is 0.144 e. The highest BCUT2D eigenvalue weighted by molar-refractivity contribution is 7.07. The number of benzene rings is 1. The summed E-state index contributed by atoms with van der Waals surface area (Å²) in [5.41, 5.74) is 9.57. The number of hydrogen-bond donors (Lipinski definition) is 1. The minimum Gasteiger partial charge on any atom is -0.489 e. The monoisotopic (exact) mass is 302 g/mol. The van der Waals surface area contributed by atoms with Gasteiger partial charge >= 0.3 is 0 Å². The molecule has 1 heterocycles. The van der Waals surface area contributed by atoms with E-state index in [1.165, 1.54) is 18.4 Å². The molecule has 3 rings (SSSR count). The van der Waals surface area contributed by atoms with Gasteiger partial charge in [-0.25, -0.2) is 0 Å². The number of hydrogen-bond acceptors (Lipinski definition) is 4. The zero-order valence-corrected chi connectivity index (χ0v) is 13.4. The summed E-state index contributed by atoms with van der Waals surface area (Å²) in [6, 6.07) is 8.89. The van der Waals surface area contributed by atoms with E-state index in [9.17, 15) is 0 Å². The topological polar surface area (TPSA) is 38.5 Å². The van der Waals surface area contributed by atoms with Gasteiger partial charge in [-0.3, -0.25) is 0 Å². The van der Waals surface area contributed by atoms with Gasteiger partial charge in [-0.15, -0.1) is 0 Å². The van der Waals surface area contributed by atoms with Crippen molar-refractivity contribution in [3.8, 4) is 5.75 Å². The van der Waals surface area contributed by atoms with Crippen LogP contribution in [0.1, 0.15) is 32.3 Å². The van der Waals surface area contributed by atoms with Crippen LogP contribution in [0.2, 0.25) is 0 Å². The van der Waals surface area contributed by atoms with Crippen molar-refractivity contribution in [1.82, 2.24) is 0 Å². The molecule has 4 heteroatoms. The van der Waals surface area contributed by atoms with Crippen LogP contribution in [-0.4, -0.2) is 12.1 Å². The molecule has 2 N–H and O–H groups in total. The first-order valence-corrected chi connectivity index (χ1v) is 8.42. The summed E-state index contributed by atoms with van der Waals surface area (Å²) in [5, 5.41) is 4.34. The standard InChI is InChI=1S/C17H22N2OS/c1-12(2)20-16-5-3-4-15(17(16)18)19(14-6-7-14)10-13-8-9-21-11-13/h3-5,8-9,11-12,14H,6-7,10,18H2,1-2H3. The van der Waals surface area contributed by atoms with Gasteiger partial charge < -0.3 is 15.4 Å². The molecule has 0 amide bonds. The van der Waals surface area contributed by atoms with Crippen LogP contribution >= 0.6 is 11.3 Å². The molecule has 1 aliphatic carbocycles. The summed E-state index contributed by atoms with van der Waals surface area (Å²) in [7, 11) is 0. The summed E-state index contributed by atoms with van der Waals surface area (Å²) < 4.78 is 5.82. The normalized spacial score (nSPS) is 14.4. The van der Waals surface area contributed by atoms with Crippen molar-refractivity contribution in [2.45, 2.75) is 45.4 Å². The van der Waals surface area contributed by atoms with Crippen molar-refractivity contribution in [3.63, 3.8) is 0 Å². The third-order valence-electron chi connectivity index (χ3n) is 3.64. The van der Waals surface area contributed by atoms with Gasteiger partial charge in [0.25, 0.3) is 0 Å². The summed E-state index contributed by atoms with van der Waals surface area (Å²) >= 11 is 1.74. The molecule has 21 heavy (non-hydrogen) atoms. The van der Waals surface area contributed by atoms with E-state index in [1.54, 1.807) is 11.3 Å². The number of ether oxygens (including phenoxy) is 1. The van der Waals surface area contributed by atoms with Gasteiger partial charge in [-0.2, -0.15) is 11.3 Å². The van der Waals surface area contributed by atoms with E-state index >= 15 is 0 Å². The molecule has 1 saturated carbocycles. The van der Waals surface area contributed by atoms with Crippen LogP contribution in [0.15, 0.2) is 35.0 Å². The fourth-order valence-electron chi connectivity index (χ4n) is 2.52. The molecule has 2 aromatic rings. The maximum Gasteiger partial charge on any atom is 0.144 e.